The monoisotopic (exact) mass is 361 g/mol. The van der Waals surface area contributed by atoms with Gasteiger partial charge in [-0.15, -0.1) is 0 Å². The molecule has 2 aromatic rings. The lowest BCUT2D eigenvalue weighted by Gasteiger charge is -2.20. The zero-order valence-corrected chi connectivity index (χ0v) is 15.6. The molecule has 25 heavy (non-hydrogen) atoms. The smallest absolute Gasteiger partial charge is 0.214 e. The van der Waals surface area contributed by atoms with E-state index in [1.807, 2.05) is 32.0 Å². The van der Waals surface area contributed by atoms with Crippen molar-refractivity contribution >= 4 is 23.2 Å². The first-order chi connectivity index (χ1) is 12.0. The molecule has 0 saturated carbocycles. The number of nitrogens with one attached hydrogen (secondary N) is 2. The zero-order chi connectivity index (χ0) is 17.8. The van der Waals surface area contributed by atoms with Gasteiger partial charge in [0.05, 0.1) is 12.2 Å². The highest BCUT2D eigenvalue weighted by Crippen LogP contribution is 2.23. The molecule has 1 atom stereocenters. The number of aryl methyl sites for hydroxylation is 2. The summed E-state index contributed by atoms with van der Waals surface area (Å²) in [5.74, 6) is 2.28. The van der Waals surface area contributed by atoms with Crippen LogP contribution < -0.4 is 15.5 Å². The van der Waals surface area contributed by atoms with Gasteiger partial charge < -0.3 is 20.0 Å². The molecule has 1 aromatic heterocycles. The van der Waals surface area contributed by atoms with E-state index in [9.17, 15) is 0 Å². The van der Waals surface area contributed by atoms with Crippen molar-refractivity contribution in [3.05, 3.63) is 46.6 Å². The first-order valence-electron chi connectivity index (χ1n) is 8.45. The number of benzene rings is 1. The highest BCUT2D eigenvalue weighted by Gasteiger charge is 2.23. The van der Waals surface area contributed by atoms with E-state index in [1.165, 1.54) is 0 Å². The number of hydrogen-bond donors (Lipinski definition) is 2. The minimum atomic E-state index is 0.332. The summed E-state index contributed by atoms with van der Waals surface area (Å²) < 4.78 is 5.59. The number of anilines is 1. The summed E-state index contributed by atoms with van der Waals surface area (Å²) in [6.45, 7) is 6.28. The summed E-state index contributed by atoms with van der Waals surface area (Å²) in [4.78, 5) is 11.0. The molecule has 2 N–H and O–H groups in total. The fraction of sp³-hybridized carbons (Fsp3) is 0.444. The lowest BCUT2D eigenvalue weighted by atomic mass is 10.3. The molecule has 0 spiro atoms. The standard InChI is InChI=1S/C18H24ClN5O/c1-12-13(2)25-17(22-12)10-21-18(20-3)23-15-7-8-24(11-15)16-6-4-5-14(19)9-16/h4-6,9,15H,7-8,10-11H2,1-3H3,(H2,20,21,23). The van der Waals surface area contributed by atoms with Gasteiger partial charge in [0.2, 0.25) is 5.89 Å². The minimum absolute atomic E-state index is 0.332. The van der Waals surface area contributed by atoms with Crippen molar-refractivity contribution in [2.45, 2.75) is 32.9 Å². The maximum absolute atomic E-state index is 6.09. The number of hydrogen-bond acceptors (Lipinski definition) is 4. The van der Waals surface area contributed by atoms with Crippen molar-refractivity contribution in [1.82, 2.24) is 15.6 Å². The first-order valence-corrected chi connectivity index (χ1v) is 8.83. The van der Waals surface area contributed by atoms with Gasteiger partial charge in [-0.1, -0.05) is 17.7 Å². The maximum atomic E-state index is 6.09. The van der Waals surface area contributed by atoms with E-state index in [2.05, 4.69) is 31.6 Å². The Morgan fingerprint density at radius 3 is 2.96 bits per heavy atom. The Morgan fingerprint density at radius 1 is 1.44 bits per heavy atom. The molecule has 1 saturated heterocycles. The second-order valence-electron chi connectivity index (χ2n) is 6.23. The van der Waals surface area contributed by atoms with Crippen LogP contribution >= 0.6 is 11.6 Å². The quantitative estimate of drug-likeness (QED) is 0.647. The summed E-state index contributed by atoms with van der Waals surface area (Å²) in [6.07, 6.45) is 1.05. The Hall–Kier alpha value is -2.21. The molecule has 3 rings (SSSR count). The number of aliphatic imine (C=N–C) groups is 1. The van der Waals surface area contributed by atoms with Gasteiger partial charge >= 0.3 is 0 Å². The van der Waals surface area contributed by atoms with Crippen LogP contribution in [0.1, 0.15) is 23.8 Å². The summed E-state index contributed by atoms with van der Waals surface area (Å²) in [6, 6.07) is 8.31. The SMILES string of the molecule is CN=C(NCc1nc(C)c(C)o1)NC1CCN(c2cccc(Cl)c2)C1. The van der Waals surface area contributed by atoms with Gasteiger partial charge in [0.15, 0.2) is 5.96 Å². The van der Waals surface area contributed by atoms with E-state index in [0.717, 1.165) is 47.6 Å². The lowest BCUT2D eigenvalue weighted by Crippen LogP contribution is -2.44. The van der Waals surface area contributed by atoms with Gasteiger partial charge in [0.25, 0.3) is 0 Å². The molecular weight excluding hydrogens is 338 g/mol. The second-order valence-corrected chi connectivity index (χ2v) is 6.67. The van der Waals surface area contributed by atoms with Gasteiger partial charge in [-0.25, -0.2) is 4.98 Å². The van der Waals surface area contributed by atoms with Crippen molar-refractivity contribution < 1.29 is 4.42 Å². The normalized spacial score (nSPS) is 17.8. The van der Waals surface area contributed by atoms with E-state index in [0.29, 0.717) is 18.5 Å². The first kappa shape index (κ1) is 17.6. The van der Waals surface area contributed by atoms with E-state index >= 15 is 0 Å². The van der Waals surface area contributed by atoms with Gasteiger partial charge in [-0.05, 0) is 38.5 Å². The number of nitrogens with zero attached hydrogens (tertiary/aromatic N) is 3. The van der Waals surface area contributed by atoms with Crippen molar-refractivity contribution in [1.29, 1.82) is 0 Å². The molecule has 7 heteroatoms. The van der Waals surface area contributed by atoms with Gasteiger partial charge in [-0.2, -0.15) is 0 Å². The third kappa shape index (κ3) is 4.45. The summed E-state index contributed by atoms with van der Waals surface area (Å²) >= 11 is 6.09. The largest absolute Gasteiger partial charge is 0.444 e. The molecule has 0 bridgehead atoms. The van der Waals surface area contributed by atoms with E-state index in [-0.39, 0.29) is 0 Å². The molecule has 1 aliphatic rings. The van der Waals surface area contributed by atoms with Crippen LogP contribution in [0.5, 0.6) is 0 Å². The van der Waals surface area contributed by atoms with Gasteiger partial charge in [0.1, 0.15) is 5.76 Å². The Morgan fingerprint density at radius 2 is 2.28 bits per heavy atom. The Bertz CT molecular complexity index is 738. The summed E-state index contributed by atoms with van der Waals surface area (Å²) in [5.41, 5.74) is 2.08. The molecule has 1 aromatic carbocycles. The molecule has 6 nitrogen and oxygen atoms in total. The minimum Gasteiger partial charge on any atom is -0.444 e. The van der Waals surface area contributed by atoms with Crippen molar-refractivity contribution in [3.63, 3.8) is 0 Å². The third-order valence-corrected chi connectivity index (χ3v) is 4.64. The molecular formula is C18H24ClN5O. The molecule has 0 aliphatic carbocycles. The molecule has 1 aliphatic heterocycles. The predicted molar refractivity (Wildman–Crippen MR) is 101 cm³/mol. The van der Waals surface area contributed by atoms with Crippen LogP contribution in [-0.2, 0) is 6.54 Å². The average Bonchev–Trinajstić information content (AvgIpc) is 3.18. The number of rotatable bonds is 4. The maximum Gasteiger partial charge on any atom is 0.214 e. The molecule has 134 valence electrons. The van der Waals surface area contributed by atoms with Crippen molar-refractivity contribution in [2.24, 2.45) is 4.99 Å². The van der Waals surface area contributed by atoms with Crippen LogP contribution in [0, 0.1) is 13.8 Å². The van der Waals surface area contributed by atoms with Crippen molar-refractivity contribution in [2.75, 3.05) is 25.0 Å². The van der Waals surface area contributed by atoms with Crippen LogP contribution in [0.25, 0.3) is 0 Å². The van der Waals surface area contributed by atoms with Crippen LogP contribution in [0.2, 0.25) is 5.02 Å². The van der Waals surface area contributed by atoms with Crippen LogP contribution in [-0.4, -0.2) is 37.1 Å². The van der Waals surface area contributed by atoms with E-state index in [4.69, 9.17) is 16.0 Å². The average molecular weight is 362 g/mol. The summed E-state index contributed by atoms with van der Waals surface area (Å²) in [5, 5.41) is 7.49. The van der Waals surface area contributed by atoms with Crippen LogP contribution in [0.4, 0.5) is 5.69 Å². The van der Waals surface area contributed by atoms with Crippen LogP contribution in [0.15, 0.2) is 33.7 Å². The van der Waals surface area contributed by atoms with Gasteiger partial charge in [0, 0.05) is 36.9 Å². The van der Waals surface area contributed by atoms with E-state index < -0.39 is 0 Å². The number of oxazole rings is 1. The zero-order valence-electron chi connectivity index (χ0n) is 14.8. The molecule has 1 unspecified atom stereocenters. The highest BCUT2D eigenvalue weighted by atomic mass is 35.5. The lowest BCUT2D eigenvalue weighted by molar-refractivity contribution is 0.463. The summed E-state index contributed by atoms with van der Waals surface area (Å²) in [7, 11) is 1.77. The Balaban J connectivity index is 1.52. The second kappa shape index (κ2) is 7.78. The molecule has 0 amide bonds. The van der Waals surface area contributed by atoms with Crippen molar-refractivity contribution in [3.8, 4) is 0 Å². The fourth-order valence-electron chi connectivity index (χ4n) is 2.95. The number of halogens is 1. The Labute approximate surface area is 153 Å². The molecule has 0 radical (unpaired) electrons. The van der Waals surface area contributed by atoms with Gasteiger partial charge in [-0.3, -0.25) is 4.99 Å². The topological polar surface area (TPSA) is 65.7 Å². The predicted octanol–water partition coefficient (Wildman–Crippen LogP) is 2.89. The fourth-order valence-corrected chi connectivity index (χ4v) is 3.13. The molecule has 1 fully saturated rings. The number of guanidine groups is 1. The number of aromatic nitrogens is 1. The third-order valence-electron chi connectivity index (χ3n) is 4.41. The highest BCUT2D eigenvalue weighted by molar-refractivity contribution is 6.30. The van der Waals surface area contributed by atoms with E-state index in [1.54, 1.807) is 7.05 Å². The van der Waals surface area contributed by atoms with Crippen LogP contribution in [0.3, 0.4) is 0 Å². The Kier molecular flexibility index (Phi) is 5.48. The molecule has 2 heterocycles.